The van der Waals surface area contributed by atoms with Gasteiger partial charge in [-0.3, -0.25) is 0 Å². The lowest BCUT2D eigenvalue weighted by Crippen LogP contribution is -2.03. The van der Waals surface area contributed by atoms with Crippen molar-refractivity contribution in [3.8, 4) is 22.8 Å². The van der Waals surface area contributed by atoms with Gasteiger partial charge in [-0.2, -0.15) is 0 Å². The van der Waals surface area contributed by atoms with Gasteiger partial charge in [0, 0.05) is 34.8 Å². The number of aromatic nitrogens is 1. The van der Waals surface area contributed by atoms with Crippen LogP contribution in [0.15, 0.2) is 59.1 Å². The van der Waals surface area contributed by atoms with Crippen molar-refractivity contribution in [3.63, 3.8) is 0 Å². The Morgan fingerprint density at radius 3 is 2.45 bits per heavy atom. The van der Waals surface area contributed by atoms with E-state index in [2.05, 4.69) is 48.6 Å². The number of nitrogens with one attached hydrogen (secondary N) is 1. The fourth-order valence-corrected chi connectivity index (χ4v) is 3.42. The SMILES string of the molecule is COc1cc(OC)c(-c2noc3ccccc23)cc1CNc1ccc(C)c(C)c1. The highest BCUT2D eigenvalue weighted by atomic mass is 16.5. The molecule has 0 atom stereocenters. The number of aryl methyl sites for hydroxylation is 2. The predicted molar refractivity (Wildman–Crippen MR) is 116 cm³/mol. The van der Waals surface area contributed by atoms with E-state index in [9.17, 15) is 0 Å². The van der Waals surface area contributed by atoms with Crippen molar-refractivity contribution < 1.29 is 14.0 Å². The van der Waals surface area contributed by atoms with Gasteiger partial charge < -0.3 is 19.3 Å². The largest absolute Gasteiger partial charge is 0.496 e. The normalized spacial score (nSPS) is 10.9. The maximum Gasteiger partial charge on any atom is 0.167 e. The van der Waals surface area contributed by atoms with Crippen LogP contribution in [0.2, 0.25) is 0 Å². The molecule has 0 fully saturated rings. The summed E-state index contributed by atoms with van der Waals surface area (Å²) in [6.07, 6.45) is 0. The summed E-state index contributed by atoms with van der Waals surface area (Å²) in [5, 5.41) is 8.73. The molecule has 5 heteroatoms. The van der Waals surface area contributed by atoms with Crippen LogP contribution in [0.3, 0.4) is 0 Å². The number of rotatable bonds is 6. The molecule has 0 aliphatic carbocycles. The molecule has 0 saturated carbocycles. The molecule has 148 valence electrons. The van der Waals surface area contributed by atoms with Crippen molar-refractivity contribution in [3.05, 3.63) is 71.3 Å². The van der Waals surface area contributed by atoms with Gasteiger partial charge >= 0.3 is 0 Å². The van der Waals surface area contributed by atoms with Gasteiger partial charge in [-0.25, -0.2) is 0 Å². The molecule has 3 aromatic carbocycles. The standard InChI is InChI=1S/C24H24N2O3/c1-15-9-10-18(11-16(15)2)25-14-17-12-20(23(28-4)13-22(17)27-3)24-19-7-5-6-8-21(19)29-26-24/h5-13,25H,14H2,1-4H3. The highest BCUT2D eigenvalue weighted by Crippen LogP contribution is 2.39. The van der Waals surface area contributed by atoms with E-state index in [0.717, 1.165) is 39.2 Å². The molecule has 0 amide bonds. The summed E-state index contributed by atoms with van der Waals surface area (Å²) in [5.41, 5.74) is 6.98. The van der Waals surface area contributed by atoms with Gasteiger partial charge in [0.2, 0.25) is 0 Å². The molecule has 0 bridgehead atoms. The van der Waals surface area contributed by atoms with Crippen molar-refractivity contribution in [1.82, 2.24) is 5.16 Å². The molecular formula is C24H24N2O3. The minimum atomic E-state index is 0.610. The molecule has 29 heavy (non-hydrogen) atoms. The lowest BCUT2D eigenvalue weighted by atomic mass is 10.0. The molecule has 0 aliphatic heterocycles. The van der Waals surface area contributed by atoms with E-state index >= 15 is 0 Å². The van der Waals surface area contributed by atoms with E-state index in [1.54, 1.807) is 14.2 Å². The van der Waals surface area contributed by atoms with Crippen LogP contribution in [-0.2, 0) is 6.54 Å². The summed E-state index contributed by atoms with van der Waals surface area (Å²) >= 11 is 0. The van der Waals surface area contributed by atoms with E-state index < -0.39 is 0 Å². The Balaban J connectivity index is 1.73. The van der Waals surface area contributed by atoms with Gasteiger partial charge in [0.15, 0.2) is 5.58 Å². The Morgan fingerprint density at radius 1 is 0.897 bits per heavy atom. The molecule has 1 N–H and O–H groups in total. The highest BCUT2D eigenvalue weighted by molar-refractivity contribution is 5.93. The van der Waals surface area contributed by atoms with Crippen LogP contribution in [0.5, 0.6) is 11.5 Å². The Kier molecular flexibility index (Phi) is 5.12. The van der Waals surface area contributed by atoms with Crippen LogP contribution >= 0.6 is 0 Å². The second kappa shape index (κ2) is 7.87. The van der Waals surface area contributed by atoms with E-state index in [-0.39, 0.29) is 0 Å². The molecule has 4 rings (SSSR count). The number of methoxy groups -OCH3 is 2. The van der Waals surface area contributed by atoms with Crippen LogP contribution in [-0.4, -0.2) is 19.4 Å². The number of nitrogens with zero attached hydrogens (tertiary/aromatic N) is 1. The minimum absolute atomic E-state index is 0.610. The smallest absolute Gasteiger partial charge is 0.167 e. The van der Waals surface area contributed by atoms with Gasteiger partial charge in [0.1, 0.15) is 17.2 Å². The number of anilines is 1. The molecule has 4 aromatic rings. The van der Waals surface area contributed by atoms with Gasteiger partial charge in [0.25, 0.3) is 0 Å². The lowest BCUT2D eigenvalue weighted by molar-refractivity contribution is 0.392. The summed E-state index contributed by atoms with van der Waals surface area (Å²) in [7, 11) is 3.31. The average molecular weight is 388 g/mol. The third-order valence-electron chi connectivity index (χ3n) is 5.22. The van der Waals surface area contributed by atoms with E-state index in [1.165, 1.54) is 11.1 Å². The first-order valence-corrected chi connectivity index (χ1v) is 9.51. The summed E-state index contributed by atoms with van der Waals surface area (Å²) in [6.45, 7) is 4.83. The number of benzene rings is 3. The van der Waals surface area contributed by atoms with Gasteiger partial charge in [-0.1, -0.05) is 23.4 Å². The van der Waals surface area contributed by atoms with Crippen LogP contribution in [0, 0.1) is 13.8 Å². The zero-order valence-electron chi connectivity index (χ0n) is 17.1. The molecule has 1 heterocycles. The molecule has 0 saturated heterocycles. The molecule has 0 aliphatic rings. The van der Waals surface area contributed by atoms with Crippen LogP contribution in [0.25, 0.3) is 22.2 Å². The third kappa shape index (κ3) is 3.63. The number of para-hydroxylation sites is 1. The minimum Gasteiger partial charge on any atom is -0.496 e. The van der Waals surface area contributed by atoms with Crippen LogP contribution in [0.1, 0.15) is 16.7 Å². The first-order valence-electron chi connectivity index (χ1n) is 9.51. The molecule has 0 spiro atoms. The van der Waals surface area contributed by atoms with Gasteiger partial charge in [-0.05, 0) is 55.3 Å². The summed E-state index contributed by atoms with van der Waals surface area (Å²) in [4.78, 5) is 0. The number of hydrogen-bond acceptors (Lipinski definition) is 5. The fraction of sp³-hybridized carbons (Fsp3) is 0.208. The van der Waals surface area contributed by atoms with E-state index in [0.29, 0.717) is 12.3 Å². The number of hydrogen-bond donors (Lipinski definition) is 1. The second-order valence-electron chi connectivity index (χ2n) is 7.04. The zero-order valence-corrected chi connectivity index (χ0v) is 17.1. The summed E-state index contributed by atoms with van der Waals surface area (Å²) < 4.78 is 16.7. The van der Waals surface area contributed by atoms with Gasteiger partial charge in [-0.15, -0.1) is 0 Å². The van der Waals surface area contributed by atoms with E-state index in [4.69, 9.17) is 14.0 Å². The topological polar surface area (TPSA) is 56.5 Å². The fourth-order valence-electron chi connectivity index (χ4n) is 3.42. The Hall–Kier alpha value is -3.47. The zero-order chi connectivity index (χ0) is 20.4. The maximum atomic E-state index is 5.63. The summed E-state index contributed by atoms with van der Waals surface area (Å²) in [6, 6.07) is 18.1. The monoisotopic (exact) mass is 388 g/mol. The lowest BCUT2D eigenvalue weighted by Gasteiger charge is -2.15. The van der Waals surface area contributed by atoms with Crippen molar-refractivity contribution in [1.29, 1.82) is 0 Å². The quantitative estimate of drug-likeness (QED) is 0.456. The van der Waals surface area contributed by atoms with Crippen molar-refractivity contribution in [2.75, 3.05) is 19.5 Å². The number of ether oxygens (including phenoxy) is 2. The molecule has 0 unspecified atom stereocenters. The second-order valence-corrected chi connectivity index (χ2v) is 7.04. The summed E-state index contributed by atoms with van der Waals surface area (Å²) in [5.74, 6) is 1.45. The average Bonchev–Trinajstić information content (AvgIpc) is 3.18. The molecule has 1 aromatic heterocycles. The molecular weight excluding hydrogens is 364 g/mol. The van der Waals surface area contributed by atoms with Crippen molar-refractivity contribution >= 4 is 16.7 Å². The Labute approximate surface area is 170 Å². The van der Waals surface area contributed by atoms with Crippen molar-refractivity contribution in [2.45, 2.75) is 20.4 Å². The van der Waals surface area contributed by atoms with Crippen molar-refractivity contribution in [2.24, 2.45) is 0 Å². The van der Waals surface area contributed by atoms with Crippen LogP contribution < -0.4 is 14.8 Å². The predicted octanol–water partition coefficient (Wildman–Crippen LogP) is 5.74. The Morgan fingerprint density at radius 2 is 1.69 bits per heavy atom. The molecule has 0 radical (unpaired) electrons. The maximum absolute atomic E-state index is 5.63. The first kappa shape index (κ1) is 18.9. The number of fused-ring (bicyclic) bond motifs is 1. The highest BCUT2D eigenvalue weighted by Gasteiger charge is 2.18. The van der Waals surface area contributed by atoms with Crippen LogP contribution in [0.4, 0.5) is 5.69 Å². The third-order valence-corrected chi connectivity index (χ3v) is 5.22. The Bertz CT molecular complexity index is 1160. The van der Waals surface area contributed by atoms with Gasteiger partial charge in [0.05, 0.1) is 14.2 Å². The molecule has 5 nitrogen and oxygen atoms in total. The van der Waals surface area contributed by atoms with E-state index in [1.807, 2.05) is 30.3 Å². The first-order chi connectivity index (χ1) is 14.1.